The topological polar surface area (TPSA) is 78.9 Å². The van der Waals surface area contributed by atoms with Crippen LogP contribution in [-0.2, 0) is 30.5 Å². The lowest BCUT2D eigenvalue weighted by molar-refractivity contribution is -0.0381. The highest BCUT2D eigenvalue weighted by Crippen LogP contribution is 2.28. The molecule has 0 N–H and O–H groups in total. The second-order valence-corrected chi connectivity index (χ2v) is 15.1. The SMILES string of the molecule is CCC(COC(=O)c1ccc(C(C)(C)C)cc1)(COC(=O)c1ccc(C(C)(C)C)cc1)COC(=O)c1ccc(C(C)(C)C)cc1. The molecule has 0 aliphatic carbocycles. The van der Waals surface area contributed by atoms with E-state index in [1.54, 1.807) is 36.4 Å². The zero-order valence-electron chi connectivity index (χ0n) is 28.7. The molecule has 6 heteroatoms. The number of hydrogen-bond acceptors (Lipinski definition) is 6. The van der Waals surface area contributed by atoms with Crippen molar-refractivity contribution in [3.8, 4) is 0 Å². The van der Waals surface area contributed by atoms with Crippen molar-refractivity contribution in [2.24, 2.45) is 5.41 Å². The first-order valence-electron chi connectivity index (χ1n) is 15.7. The molecule has 242 valence electrons. The predicted octanol–water partition coefficient (Wildman–Crippen LogP) is 8.85. The van der Waals surface area contributed by atoms with Gasteiger partial charge in [0.05, 0.1) is 22.1 Å². The van der Waals surface area contributed by atoms with E-state index < -0.39 is 23.3 Å². The van der Waals surface area contributed by atoms with Crippen LogP contribution in [-0.4, -0.2) is 37.7 Å². The highest BCUT2D eigenvalue weighted by Gasteiger charge is 2.35. The van der Waals surface area contributed by atoms with Crippen LogP contribution in [0.4, 0.5) is 0 Å². The van der Waals surface area contributed by atoms with Crippen molar-refractivity contribution in [2.75, 3.05) is 19.8 Å². The standard InChI is InChI=1S/C39H50O6/c1-11-39(24-43-33(40)27-12-18-30(19-13-27)36(2,3)4,25-44-34(41)28-14-20-31(21-15-28)37(5,6)7)26-45-35(42)29-16-22-32(23-17-29)38(8,9)10/h12-23H,11,24-26H2,1-10H3. The molecule has 0 aliphatic heterocycles. The summed E-state index contributed by atoms with van der Waals surface area (Å²) in [5.74, 6) is -1.50. The summed E-state index contributed by atoms with van der Waals surface area (Å²) in [6.45, 7) is 20.6. The molecule has 0 saturated carbocycles. The van der Waals surface area contributed by atoms with Crippen LogP contribution in [0.2, 0.25) is 0 Å². The lowest BCUT2D eigenvalue weighted by Gasteiger charge is -2.31. The summed E-state index contributed by atoms with van der Waals surface area (Å²) < 4.78 is 17.3. The second-order valence-electron chi connectivity index (χ2n) is 15.1. The quantitative estimate of drug-likeness (QED) is 0.168. The maximum absolute atomic E-state index is 13.1. The average molecular weight is 615 g/mol. The number of carbonyl (C=O) groups excluding carboxylic acids is 3. The molecule has 0 spiro atoms. The molecular formula is C39H50O6. The molecule has 0 unspecified atom stereocenters. The molecule has 0 aromatic heterocycles. The van der Waals surface area contributed by atoms with Crippen LogP contribution in [0.25, 0.3) is 0 Å². The zero-order valence-corrected chi connectivity index (χ0v) is 28.7. The van der Waals surface area contributed by atoms with Crippen molar-refractivity contribution in [3.63, 3.8) is 0 Å². The summed E-state index contributed by atoms with van der Waals surface area (Å²) >= 11 is 0. The number of benzene rings is 3. The summed E-state index contributed by atoms with van der Waals surface area (Å²) in [4.78, 5) is 39.2. The van der Waals surface area contributed by atoms with E-state index >= 15 is 0 Å². The molecule has 0 fully saturated rings. The van der Waals surface area contributed by atoms with Gasteiger partial charge in [-0.15, -0.1) is 0 Å². The van der Waals surface area contributed by atoms with Crippen molar-refractivity contribution in [1.82, 2.24) is 0 Å². The lowest BCUT2D eigenvalue weighted by atomic mass is 9.86. The largest absolute Gasteiger partial charge is 0.461 e. The number of rotatable bonds is 10. The highest BCUT2D eigenvalue weighted by atomic mass is 16.6. The van der Waals surface area contributed by atoms with Crippen molar-refractivity contribution in [2.45, 2.75) is 91.9 Å². The molecule has 0 heterocycles. The third kappa shape index (κ3) is 9.78. The normalized spacial score (nSPS) is 12.4. The molecule has 45 heavy (non-hydrogen) atoms. The second kappa shape index (κ2) is 14.0. The smallest absolute Gasteiger partial charge is 0.338 e. The zero-order chi connectivity index (χ0) is 33.6. The Balaban J connectivity index is 1.78. The fourth-order valence-electron chi connectivity index (χ4n) is 4.66. The molecule has 0 amide bonds. The van der Waals surface area contributed by atoms with Gasteiger partial charge < -0.3 is 14.2 Å². The summed E-state index contributed by atoms with van der Waals surface area (Å²) in [6.07, 6.45) is 0.426. The molecule has 0 aliphatic rings. The van der Waals surface area contributed by atoms with E-state index in [9.17, 15) is 14.4 Å². The Hall–Kier alpha value is -3.93. The van der Waals surface area contributed by atoms with E-state index in [-0.39, 0.29) is 36.1 Å². The van der Waals surface area contributed by atoms with E-state index in [4.69, 9.17) is 14.2 Å². The van der Waals surface area contributed by atoms with Gasteiger partial charge in [-0.25, -0.2) is 14.4 Å². The summed E-state index contributed by atoms with van der Waals surface area (Å²) in [5, 5.41) is 0. The first-order valence-corrected chi connectivity index (χ1v) is 15.7. The maximum atomic E-state index is 13.1. The van der Waals surface area contributed by atoms with Crippen molar-refractivity contribution < 1.29 is 28.6 Å². The van der Waals surface area contributed by atoms with Crippen LogP contribution in [0.3, 0.4) is 0 Å². The van der Waals surface area contributed by atoms with Gasteiger partial charge in [0.25, 0.3) is 0 Å². The average Bonchev–Trinajstić information content (AvgIpc) is 2.99. The van der Waals surface area contributed by atoms with Gasteiger partial charge in [-0.2, -0.15) is 0 Å². The van der Waals surface area contributed by atoms with Crippen LogP contribution < -0.4 is 0 Å². The summed E-state index contributed by atoms with van der Waals surface area (Å²) in [5.41, 5.74) is 3.46. The molecule has 6 nitrogen and oxygen atoms in total. The Morgan fingerprint density at radius 3 is 0.844 bits per heavy atom. The minimum absolute atomic E-state index is 0.0479. The van der Waals surface area contributed by atoms with Gasteiger partial charge in [0.1, 0.15) is 19.8 Å². The van der Waals surface area contributed by atoms with Crippen molar-refractivity contribution in [1.29, 1.82) is 0 Å². The third-order valence-electron chi connectivity index (χ3n) is 8.24. The van der Waals surface area contributed by atoms with E-state index in [2.05, 4.69) is 62.3 Å². The highest BCUT2D eigenvalue weighted by molar-refractivity contribution is 5.90. The first kappa shape index (κ1) is 35.5. The number of carbonyl (C=O) groups is 3. The predicted molar refractivity (Wildman–Crippen MR) is 179 cm³/mol. The third-order valence-corrected chi connectivity index (χ3v) is 8.24. The monoisotopic (exact) mass is 614 g/mol. The Labute approximate surface area is 269 Å². The van der Waals surface area contributed by atoms with Gasteiger partial charge >= 0.3 is 17.9 Å². The van der Waals surface area contributed by atoms with Crippen LogP contribution in [0, 0.1) is 5.41 Å². The molecule has 0 radical (unpaired) electrons. The minimum atomic E-state index is -0.955. The van der Waals surface area contributed by atoms with Gasteiger partial charge in [0, 0.05) is 0 Å². The lowest BCUT2D eigenvalue weighted by Crippen LogP contribution is -2.39. The Kier molecular flexibility index (Phi) is 11.1. The van der Waals surface area contributed by atoms with Crippen molar-refractivity contribution in [3.05, 3.63) is 106 Å². The number of ether oxygens (including phenoxy) is 3. The van der Waals surface area contributed by atoms with Crippen molar-refractivity contribution >= 4 is 17.9 Å². The van der Waals surface area contributed by atoms with E-state index in [1.807, 2.05) is 43.3 Å². The molecule has 0 saturated heterocycles. The van der Waals surface area contributed by atoms with Gasteiger partial charge in [-0.05, 0) is 75.8 Å². The van der Waals surface area contributed by atoms with Gasteiger partial charge in [-0.3, -0.25) is 0 Å². The Morgan fingerprint density at radius 2 is 0.667 bits per heavy atom. The fraction of sp³-hybridized carbons (Fsp3) is 0.462. The number of hydrogen-bond donors (Lipinski definition) is 0. The molecule has 3 aromatic rings. The molecule has 3 aromatic carbocycles. The van der Waals surface area contributed by atoms with Crippen LogP contribution >= 0.6 is 0 Å². The minimum Gasteiger partial charge on any atom is -0.461 e. The van der Waals surface area contributed by atoms with E-state index in [0.717, 1.165) is 16.7 Å². The van der Waals surface area contributed by atoms with E-state index in [0.29, 0.717) is 23.1 Å². The fourth-order valence-corrected chi connectivity index (χ4v) is 4.66. The molecular weight excluding hydrogens is 564 g/mol. The van der Waals surface area contributed by atoms with Gasteiger partial charge in [-0.1, -0.05) is 106 Å². The maximum Gasteiger partial charge on any atom is 0.338 e. The summed E-state index contributed by atoms with van der Waals surface area (Å²) in [6, 6.07) is 22.0. The van der Waals surface area contributed by atoms with Gasteiger partial charge in [0.2, 0.25) is 0 Å². The van der Waals surface area contributed by atoms with Gasteiger partial charge in [0.15, 0.2) is 0 Å². The summed E-state index contributed by atoms with van der Waals surface area (Å²) in [7, 11) is 0. The van der Waals surface area contributed by atoms with E-state index in [1.165, 1.54) is 0 Å². The van der Waals surface area contributed by atoms with Crippen LogP contribution in [0.1, 0.15) is 123 Å². The molecule has 0 atom stereocenters. The Morgan fingerprint density at radius 1 is 0.444 bits per heavy atom. The number of esters is 3. The Bertz CT molecular complexity index is 1270. The van der Waals surface area contributed by atoms with Crippen LogP contribution in [0.15, 0.2) is 72.8 Å². The van der Waals surface area contributed by atoms with Crippen LogP contribution in [0.5, 0.6) is 0 Å². The molecule has 3 rings (SSSR count). The first-order chi connectivity index (χ1) is 20.8. The molecule has 0 bridgehead atoms.